The van der Waals surface area contributed by atoms with Crippen LogP contribution in [0.15, 0.2) is 34.5 Å². The van der Waals surface area contributed by atoms with Gasteiger partial charge in [0.15, 0.2) is 10.2 Å². The van der Waals surface area contributed by atoms with Gasteiger partial charge in [-0.25, -0.2) is 0 Å². The summed E-state index contributed by atoms with van der Waals surface area (Å²) < 4.78 is 0. The smallest absolute Gasteiger partial charge is 0.269 e. The lowest BCUT2D eigenvalue weighted by Crippen LogP contribution is -2.39. The molecule has 9 nitrogen and oxygen atoms in total. The van der Waals surface area contributed by atoms with E-state index in [1.54, 1.807) is 19.1 Å². The van der Waals surface area contributed by atoms with Gasteiger partial charge in [-0.15, -0.1) is 0 Å². The first-order valence-corrected chi connectivity index (χ1v) is 10.6. The van der Waals surface area contributed by atoms with Crippen LogP contribution in [0.5, 0.6) is 0 Å². The number of non-ortho nitro benzene ring substituents is 1. The third kappa shape index (κ3) is 7.30. The minimum Gasteiger partial charge on any atom is -0.348 e. The van der Waals surface area contributed by atoms with E-state index in [0.717, 1.165) is 26.2 Å². The molecule has 30 heavy (non-hydrogen) atoms. The van der Waals surface area contributed by atoms with Crippen LogP contribution in [-0.4, -0.2) is 62.6 Å². The molecule has 1 aromatic rings. The van der Waals surface area contributed by atoms with Crippen molar-refractivity contribution in [2.45, 2.75) is 34.6 Å². The number of rotatable bonds is 9. The Morgan fingerprint density at radius 1 is 0.933 bits per heavy atom. The molecule has 0 aromatic heterocycles. The Kier molecular flexibility index (Phi) is 10.8. The molecular formula is C19H29N7O2S2. The molecule has 0 amide bonds. The average molecular weight is 452 g/mol. The number of nitro groups is 1. The van der Waals surface area contributed by atoms with E-state index in [1.807, 2.05) is 37.5 Å². The lowest BCUT2D eigenvalue weighted by atomic mass is 10.1. The molecule has 1 aromatic carbocycles. The average Bonchev–Trinajstić information content (AvgIpc) is 2.74. The normalized spacial score (nSPS) is 11.6. The Hall–Kier alpha value is -2.66. The summed E-state index contributed by atoms with van der Waals surface area (Å²) in [4.78, 5) is 14.4. The molecule has 0 unspecified atom stereocenters. The quantitative estimate of drug-likeness (QED) is 0.256. The van der Waals surface area contributed by atoms with Gasteiger partial charge in [-0.05, 0) is 71.2 Å². The molecule has 0 bridgehead atoms. The SMILES string of the molecule is CCN(CC)C(=S)NN=C(C)C(=NNC(=S)N(CC)CC)c1ccc([N+](=O)[O-])cc1. The maximum atomic E-state index is 11.0. The number of nitro benzene ring substituents is 1. The standard InChI is InChI=1S/C19H29N7O2S2/c1-6-24(7-2)18(29)22-20-14(5)17(21-23-19(30)25(8-3)9-4)15-10-12-16(13-11-15)26(27)28/h10-13H,6-9H2,1-5H3,(H,22,29)(H,23,30). The van der Waals surface area contributed by atoms with E-state index in [-0.39, 0.29) is 5.69 Å². The second kappa shape index (κ2) is 12.8. The van der Waals surface area contributed by atoms with Gasteiger partial charge in [-0.2, -0.15) is 10.2 Å². The maximum absolute atomic E-state index is 11.0. The van der Waals surface area contributed by atoms with Gasteiger partial charge in [-0.3, -0.25) is 21.0 Å². The van der Waals surface area contributed by atoms with Gasteiger partial charge in [0.2, 0.25) is 0 Å². The van der Waals surface area contributed by atoms with Crippen molar-refractivity contribution in [3.8, 4) is 0 Å². The Bertz CT molecular complexity index is 802. The zero-order chi connectivity index (χ0) is 22.7. The molecular weight excluding hydrogens is 422 g/mol. The highest BCUT2D eigenvalue weighted by molar-refractivity contribution is 7.80. The highest BCUT2D eigenvalue weighted by Gasteiger charge is 2.13. The van der Waals surface area contributed by atoms with Gasteiger partial charge >= 0.3 is 0 Å². The molecule has 1 rings (SSSR count). The van der Waals surface area contributed by atoms with Crippen molar-refractivity contribution in [3.05, 3.63) is 39.9 Å². The predicted octanol–water partition coefficient (Wildman–Crippen LogP) is 3.11. The van der Waals surface area contributed by atoms with E-state index in [2.05, 4.69) is 21.1 Å². The number of benzene rings is 1. The van der Waals surface area contributed by atoms with Crippen LogP contribution in [0, 0.1) is 10.1 Å². The van der Waals surface area contributed by atoms with E-state index in [9.17, 15) is 10.1 Å². The summed E-state index contributed by atoms with van der Waals surface area (Å²) >= 11 is 10.8. The molecule has 0 heterocycles. The third-order valence-electron chi connectivity index (χ3n) is 4.38. The van der Waals surface area contributed by atoms with Crippen LogP contribution in [0.1, 0.15) is 40.2 Å². The van der Waals surface area contributed by atoms with Gasteiger partial charge in [0, 0.05) is 43.9 Å². The van der Waals surface area contributed by atoms with E-state index in [4.69, 9.17) is 24.4 Å². The minimum absolute atomic E-state index is 0.000138. The van der Waals surface area contributed by atoms with Crippen molar-refractivity contribution in [2.24, 2.45) is 10.2 Å². The number of hydrazone groups is 2. The molecule has 0 fully saturated rings. The molecule has 0 spiro atoms. The van der Waals surface area contributed by atoms with Gasteiger partial charge in [0.1, 0.15) is 5.71 Å². The Labute approximate surface area is 188 Å². The topological polar surface area (TPSA) is 98.4 Å². The minimum atomic E-state index is -0.445. The van der Waals surface area contributed by atoms with E-state index in [1.165, 1.54) is 12.1 Å². The fourth-order valence-corrected chi connectivity index (χ4v) is 3.15. The molecule has 0 aliphatic heterocycles. The molecule has 11 heteroatoms. The van der Waals surface area contributed by atoms with Crippen LogP contribution in [-0.2, 0) is 0 Å². The zero-order valence-electron chi connectivity index (χ0n) is 18.0. The second-order valence-electron chi connectivity index (χ2n) is 6.14. The molecule has 2 N–H and O–H groups in total. The monoisotopic (exact) mass is 451 g/mol. The van der Waals surface area contributed by atoms with Crippen LogP contribution in [0.25, 0.3) is 0 Å². The summed E-state index contributed by atoms with van der Waals surface area (Å²) in [7, 11) is 0. The molecule has 0 saturated heterocycles. The predicted molar refractivity (Wildman–Crippen MR) is 130 cm³/mol. The van der Waals surface area contributed by atoms with Crippen LogP contribution in [0.4, 0.5) is 5.69 Å². The van der Waals surface area contributed by atoms with Crippen molar-refractivity contribution in [1.82, 2.24) is 20.7 Å². The highest BCUT2D eigenvalue weighted by Crippen LogP contribution is 2.13. The van der Waals surface area contributed by atoms with Crippen LogP contribution < -0.4 is 10.9 Å². The van der Waals surface area contributed by atoms with Crippen LogP contribution >= 0.6 is 24.4 Å². The number of nitrogens with one attached hydrogen (secondary N) is 2. The Morgan fingerprint density at radius 2 is 1.37 bits per heavy atom. The number of thiocarbonyl (C=S) groups is 2. The summed E-state index contributed by atoms with van der Waals surface area (Å²) in [5.74, 6) is 0. The van der Waals surface area contributed by atoms with Gasteiger partial charge in [-0.1, -0.05) is 0 Å². The zero-order valence-corrected chi connectivity index (χ0v) is 19.6. The highest BCUT2D eigenvalue weighted by atomic mass is 32.1. The van der Waals surface area contributed by atoms with Crippen molar-refractivity contribution in [2.75, 3.05) is 26.2 Å². The molecule has 0 aliphatic rings. The third-order valence-corrected chi connectivity index (χ3v) is 5.08. The van der Waals surface area contributed by atoms with Gasteiger partial charge in [0.05, 0.1) is 10.6 Å². The summed E-state index contributed by atoms with van der Waals surface area (Å²) in [5, 5.41) is 20.7. The number of hydrogen-bond donors (Lipinski definition) is 2. The van der Waals surface area contributed by atoms with Crippen LogP contribution in [0.3, 0.4) is 0 Å². The van der Waals surface area contributed by atoms with Crippen molar-refractivity contribution in [1.29, 1.82) is 0 Å². The first-order valence-electron chi connectivity index (χ1n) is 9.75. The molecule has 0 aliphatic carbocycles. The van der Waals surface area contributed by atoms with Gasteiger partial charge < -0.3 is 9.80 Å². The summed E-state index contributed by atoms with van der Waals surface area (Å²) in [6, 6.07) is 6.10. The van der Waals surface area contributed by atoms with Crippen molar-refractivity contribution < 1.29 is 4.92 Å². The number of nitrogens with zero attached hydrogens (tertiary/aromatic N) is 5. The summed E-state index contributed by atoms with van der Waals surface area (Å²) in [6.45, 7) is 12.8. The van der Waals surface area contributed by atoms with Crippen molar-refractivity contribution in [3.63, 3.8) is 0 Å². The summed E-state index contributed by atoms with van der Waals surface area (Å²) in [6.07, 6.45) is 0. The maximum Gasteiger partial charge on any atom is 0.269 e. The van der Waals surface area contributed by atoms with E-state index in [0.29, 0.717) is 27.2 Å². The summed E-state index contributed by atoms with van der Waals surface area (Å²) in [5.41, 5.74) is 7.48. The molecule has 0 radical (unpaired) electrons. The molecule has 0 saturated carbocycles. The first-order chi connectivity index (χ1) is 14.3. The lowest BCUT2D eigenvalue weighted by Gasteiger charge is -2.21. The van der Waals surface area contributed by atoms with Crippen molar-refractivity contribution >= 4 is 51.8 Å². The molecule has 164 valence electrons. The van der Waals surface area contributed by atoms with E-state index < -0.39 is 4.92 Å². The van der Waals surface area contributed by atoms with Gasteiger partial charge in [0.25, 0.3) is 5.69 Å². The lowest BCUT2D eigenvalue weighted by molar-refractivity contribution is -0.384. The fraction of sp³-hybridized carbons (Fsp3) is 0.474. The van der Waals surface area contributed by atoms with Crippen LogP contribution in [0.2, 0.25) is 0 Å². The second-order valence-corrected chi connectivity index (χ2v) is 6.91. The largest absolute Gasteiger partial charge is 0.348 e. The molecule has 0 atom stereocenters. The Balaban J connectivity index is 3.20. The van der Waals surface area contributed by atoms with E-state index >= 15 is 0 Å². The number of hydrogen-bond acceptors (Lipinski definition) is 6. The fourth-order valence-electron chi connectivity index (χ4n) is 2.55. The Morgan fingerprint density at radius 3 is 1.77 bits per heavy atom. The first kappa shape index (κ1) is 25.4.